The Hall–Kier alpha value is -1.67. The van der Waals surface area contributed by atoms with Gasteiger partial charge in [0.05, 0.1) is 12.8 Å². The van der Waals surface area contributed by atoms with Crippen LogP contribution in [-0.2, 0) is 14.4 Å². The minimum absolute atomic E-state index is 0.296. The minimum Gasteiger partial charge on any atom is -0.481 e. The van der Waals surface area contributed by atoms with Gasteiger partial charge in [0.2, 0.25) is 0 Å². The largest absolute Gasteiger partial charge is 0.481 e. The highest BCUT2D eigenvalue weighted by Crippen LogP contribution is 1.88. The van der Waals surface area contributed by atoms with Gasteiger partial charge in [-0.3, -0.25) is 14.4 Å². The first-order valence-electron chi connectivity index (χ1n) is 5.44. The zero-order valence-electron chi connectivity index (χ0n) is 10.3. The summed E-state index contributed by atoms with van der Waals surface area (Å²) in [6.07, 6.45) is -0.000000000000000444. The molecule has 0 amide bonds. The van der Waals surface area contributed by atoms with Crippen LogP contribution in [-0.4, -0.2) is 52.4 Å². The van der Waals surface area contributed by atoms with Crippen molar-refractivity contribution in [1.82, 2.24) is 5.32 Å². The summed E-state index contributed by atoms with van der Waals surface area (Å²) in [6, 6.07) is -0.441. The van der Waals surface area contributed by atoms with Gasteiger partial charge < -0.3 is 26.4 Å². The number of rotatable bonds is 8. The van der Waals surface area contributed by atoms with Gasteiger partial charge >= 0.3 is 17.9 Å². The molecule has 18 heavy (non-hydrogen) atoms. The van der Waals surface area contributed by atoms with Gasteiger partial charge in [0.25, 0.3) is 0 Å². The number of carbonyl (C=O) groups is 3. The van der Waals surface area contributed by atoms with Crippen LogP contribution in [0.1, 0.15) is 26.2 Å². The van der Waals surface area contributed by atoms with Crippen molar-refractivity contribution < 1.29 is 29.7 Å². The van der Waals surface area contributed by atoms with Gasteiger partial charge in [-0.2, -0.15) is 0 Å². The van der Waals surface area contributed by atoms with Gasteiger partial charge in [-0.25, -0.2) is 0 Å². The maximum Gasteiger partial charge on any atom is 0.320 e. The molecule has 0 saturated carbocycles. The first-order chi connectivity index (χ1) is 8.34. The lowest BCUT2D eigenvalue weighted by molar-refractivity contribution is -0.143. The molecule has 0 aromatic heterocycles. The van der Waals surface area contributed by atoms with Gasteiger partial charge in [-0.15, -0.1) is 0 Å². The second-order valence-electron chi connectivity index (χ2n) is 3.33. The van der Waals surface area contributed by atoms with Crippen molar-refractivity contribution in [3.63, 3.8) is 0 Å². The summed E-state index contributed by atoms with van der Waals surface area (Å²) in [5, 5.41) is 27.1. The molecule has 6 N–H and O–H groups in total. The van der Waals surface area contributed by atoms with Crippen molar-refractivity contribution in [3.8, 4) is 0 Å². The molecule has 0 unspecified atom stereocenters. The Labute approximate surface area is 105 Å². The summed E-state index contributed by atoms with van der Waals surface area (Å²) in [7, 11) is 0. The molecule has 106 valence electrons. The van der Waals surface area contributed by atoms with Crippen molar-refractivity contribution in [3.05, 3.63) is 0 Å². The van der Waals surface area contributed by atoms with E-state index in [0.29, 0.717) is 19.5 Å². The molecule has 0 aliphatic rings. The molecule has 0 aromatic carbocycles. The molecule has 0 bridgehead atoms. The van der Waals surface area contributed by atoms with Crippen LogP contribution < -0.4 is 11.1 Å². The highest BCUT2D eigenvalue weighted by molar-refractivity contribution is 5.75. The van der Waals surface area contributed by atoms with Crippen LogP contribution in [0.25, 0.3) is 0 Å². The first-order valence-corrected chi connectivity index (χ1v) is 5.44. The van der Waals surface area contributed by atoms with E-state index in [1.165, 1.54) is 0 Å². The number of nitrogens with one attached hydrogen (secondary N) is 1. The molecule has 0 radical (unpaired) electrons. The lowest BCUT2D eigenvalue weighted by atomic mass is 10.2. The van der Waals surface area contributed by atoms with Crippen molar-refractivity contribution >= 4 is 17.9 Å². The Morgan fingerprint density at radius 3 is 1.78 bits per heavy atom. The predicted octanol–water partition coefficient (Wildman–Crippen LogP) is -0.666. The lowest BCUT2D eigenvalue weighted by Gasteiger charge is -2.09. The zero-order chi connectivity index (χ0) is 14.6. The van der Waals surface area contributed by atoms with E-state index in [9.17, 15) is 14.4 Å². The Kier molecular flexibility index (Phi) is 12.3. The number of hydrogen-bond acceptors (Lipinski definition) is 5. The average molecular weight is 264 g/mol. The third kappa shape index (κ3) is 14.3. The number of carboxylic acid groups (broad SMARTS) is 3. The van der Waals surface area contributed by atoms with E-state index in [1.807, 2.05) is 6.92 Å². The number of nitrogens with two attached hydrogens (primary N) is 1. The molecule has 0 aromatic rings. The van der Waals surface area contributed by atoms with Crippen molar-refractivity contribution in [2.75, 3.05) is 13.1 Å². The van der Waals surface area contributed by atoms with Crippen molar-refractivity contribution in [1.29, 1.82) is 0 Å². The molecule has 0 saturated heterocycles. The van der Waals surface area contributed by atoms with Crippen LogP contribution in [0.5, 0.6) is 0 Å². The van der Waals surface area contributed by atoms with Gasteiger partial charge in [0.1, 0.15) is 6.04 Å². The minimum atomic E-state index is -1.08. The van der Waals surface area contributed by atoms with Gasteiger partial charge in [0.15, 0.2) is 0 Å². The number of aliphatic carboxylic acids is 3. The molecule has 8 heteroatoms. The van der Waals surface area contributed by atoms with Crippen molar-refractivity contribution in [2.45, 2.75) is 32.2 Å². The molecule has 0 fully saturated rings. The molecule has 0 aliphatic carbocycles. The van der Waals surface area contributed by atoms with E-state index >= 15 is 0 Å². The maximum atomic E-state index is 10.3. The van der Waals surface area contributed by atoms with E-state index in [4.69, 9.17) is 21.1 Å². The Balaban J connectivity index is 0. The standard InChI is InChI=1S/C6H14N2O2.C4H6O4/c1-2-5(6(9)10)8-4-3-7;5-3(6)1-2-4(7)8/h5,8H,2-4,7H2,1H3,(H,9,10);1-2H2,(H,5,6)(H,7,8)/t5-;/m0./s1. The van der Waals surface area contributed by atoms with E-state index in [2.05, 4.69) is 5.32 Å². The molecule has 0 heterocycles. The molecule has 0 spiro atoms. The fourth-order valence-corrected chi connectivity index (χ4v) is 0.878. The molecule has 1 atom stereocenters. The third-order valence-electron chi connectivity index (χ3n) is 1.79. The Morgan fingerprint density at radius 1 is 1.11 bits per heavy atom. The van der Waals surface area contributed by atoms with Crippen LogP contribution in [0.4, 0.5) is 0 Å². The van der Waals surface area contributed by atoms with Crippen LogP contribution in [0.2, 0.25) is 0 Å². The number of carboxylic acids is 3. The first kappa shape index (κ1) is 18.7. The lowest BCUT2D eigenvalue weighted by Crippen LogP contribution is -2.38. The SMILES string of the molecule is CC[C@H](NCCN)C(=O)O.O=C(O)CCC(=O)O. The van der Waals surface area contributed by atoms with Gasteiger partial charge in [-0.1, -0.05) is 6.92 Å². The quantitative estimate of drug-likeness (QED) is 0.387. The average Bonchev–Trinajstić information content (AvgIpc) is 2.28. The van der Waals surface area contributed by atoms with Crippen LogP contribution >= 0.6 is 0 Å². The Morgan fingerprint density at radius 2 is 1.56 bits per heavy atom. The second-order valence-corrected chi connectivity index (χ2v) is 3.33. The van der Waals surface area contributed by atoms with Crippen LogP contribution in [0, 0.1) is 0 Å². The van der Waals surface area contributed by atoms with E-state index in [1.54, 1.807) is 0 Å². The molecule has 0 rings (SSSR count). The third-order valence-corrected chi connectivity index (χ3v) is 1.79. The van der Waals surface area contributed by atoms with E-state index in [0.717, 1.165) is 0 Å². The molecular weight excluding hydrogens is 244 g/mol. The van der Waals surface area contributed by atoms with Gasteiger partial charge in [-0.05, 0) is 6.42 Å². The highest BCUT2D eigenvalue weighted by Gasteiger charge is 2.11. The monoisotopic (exact) mass is 264 g/mol. The molecule has 8 nitrogen and oxygen atoms in total. The van der Waals surface area contributed by atoms with Crippen LogP contribution in [0.3, 0.4) is 0 Å². The summed E-state index contributed by atoms with van der Waals surface area (Å²) in [6.45, 7) is 2.86. The fourth-order valence-electron chi connectivity index (χ4n) is 0.878. The highest BCUT2D eigenvalue weighted by atomic mass is 16.4. The summed E-state index contributed by atoms with van der Waals surface area (Å²) in [5.41, 5.74) is 5.18. The van der Waals surface area contributed by atoms with Gasteiger partial charge in [0, 0.05) is 13.1 Å². The maximum absolute atomic E-state index is 10.3. The summed E-state index contributed by atoms with van der Waals surface area (Å²) in [5.74, 6) is -2.96. The van der Waals surface area contributed by atoms with Crippen LogP contribution in [0.15, 0.2) is 0 Å². The Bertz CT molecular complexity index is 255. The zero-order valence-corrected chi connectivity index (χ0v) is 10.3. The molecule has 0 aliphatic heterocycles. The topological polar surface area (TPSA) is 150 Å². The molecular formula is C10H20N2O6. The normalized spacial score (nSPS) is 11.0. The fraction of sp³-hybridized carbons (Fsp3) is 0.700. The van der Waals surface area contributed by atoms with E-state index < -0.39 is 23.9 Å². The number of hydrogen-bond donors (Lipinski definition) is 5. The van der Waals surface area contributed by atoms with Crippen molar-refractivity contribution in [2.24, 2.45) is 5.73 Å². The summed E-state index contributed by atoms with van der Waals surface area (Å²) in [4.78, 5) is 29.6. The smallest absolute Gasteiger partial charge is 0.320 e. The summed E-state index contributed by atoms with van der Waals surface area (Å²) < 4.78 is 0. The summed E-state index contributed by atoms with van der Waals surface area (Å²) >= 11 is 0. The second kappa shape index (κ2) is 11.8. The predicted molar refractivity (Wildman–Crippen MR) is 63.3 cm³/mol. The van der Waals surface area contributed by atoms with E-state index in [-0.39, 0.29) is 12.8 Å².